The van der Waals surface area contributed by atoms with Crippen LogP contribution in [0.3, 0.4) is 0 Å². The second-order valence-corrected chi connectivity index (χ2v) is 4.67. The van der Waals surface area contributed by atoms with E-state index in [0.29, 0.717) is 0 Å². The lowest BCUT2D eigenvalue weighted by atomic mass is 10.2. The number of hydrogen-bond donors (Lipinski definition) is 0. The third kappa shape index (κ3) is 1.71. The van der Waals surface area contributed by atoms with Gasteiger partial charge in [-0.15, -0.1) is 0 Å². The van der Waals surface area contributed by atoms with Crippen molar-refractivity contribution in [1.82, 2.24) is 14.5 Å². The van der Waals surface area contributed by atoms with Gasteiger partial charge in [-0.25, -0.2) is 4.98 Å². The zero-order valence-corrected chi connectivity index (χ0v) is 9.69. The van der Waals surface area contributed by atoms with Crippen LogP contribution in [0.15, 0.2) is 24.5 Å². The largest absolute Gasteiger partial charge is 0.317 e. The first kappa shape index (κ1) is 9.85. The molecule has 1 fully saturated rings. The Balaban J connectivity index is 1.91. The van der Waals surface area contributed by atoms with Crippen LogP contribution in [0.4, 0.5) is 0 Å². The topological polar surface area (TPSA) is 21.1 Å². The Hall–Kier alpha value is -1.35. The first-order valence-electron chi connectivity index (χ1n) is 5.97. The Morgan fingerprint density at radius 2 is 2.06 bits per heavy atom. The molecule has 0 radical (unpaired) electrons. The van der Waals surface area contributed by atoms with Gasteiger partial charge < -0.3 is 4.57 Å². The summed E-state index contributed by atoms with van der Waals surface area (Å²) in [5, 5.41) is 0. The molecule has 1 aromatic heterocycles. The lowest BCUT2D eigenvalue weighted by Gasteiger charge is -2.15. The van der Waals surface area contributed by atoms with Crippen molar-refractivity contribution in [3.63, 3.8) is 0 Å². The van der Waals surface area contributed by atoms with Crippen molar-refractivity contribution in [3.8, 4) is 0 Å². The van der Waals surface area contributed by atoms with Crippen molar-refractivity contribution in [1.29, 1.82) is 0 Å². The molecule has 0 spiro atoms. The molecule has 2 aromatic rings. The first-order valence-corrected chi connectivity index (χ1v) is 5.97. The van der Waals surface area contributed by atoms with Crippen LogP contribution in [0.5, 0.6) is 0 Å². The van der Waals surface area contributed by atoms with E-state index in [2.05, 4.69) is 39.6 Å². The molecule has 1 aliphatic rings. The molecule has 0 amide bonds. The molecular weight excluding hydrogens is 198 g/mol. The summed E-state index contributed by atoms with van der Waals surface area (Å²) < 4.78 is 2.25. The summed E-state index contributed by atoms with van der Waals surface area (Å²) in [6.07, 6.45) is 4.64. The number of aromatic nitrogens is 2. The summed E-state index contributed by atoms with van der Waals surface area (Å²) in [6.45, 7) is 5.55. The number of fused-ring (bicyclic) bond motifs is 1. The van der Waals surface area contributed by atoms with Crippen LogP contribution in [0.1, 0.15) is 18.4 Å². The van der Waals surface area contributed by atoms with Gasteiger partial charge in [0.25, 0.3) is 0 Å². The van der Waals surface area contributed by atoms with Crippen molar-refractivity contribution >= 4 is 11.0 Å². The Kier molecular flexibility index (Phi) is 2.40. The molecule has 0 unspecified atom stereocenters. The number of imidazole rings is 1. The highest BCUT2D eigenvalue weighted by atomic mass is 15.3. The number of likely N-dealkylation sites (tertiary alicyclic amines) is 1. The number of rotatable bonds is 2. The number of hydrogen-bond acceptors (Lipinski definition) is 2. The lowest BCUT2D eigenvalue weighted by Crippen LogP contribution is -2.22. The van der Waals surface area contributed by atoms with E-state index in [4.69, 9.17) is 0 Å². The average molecular weight is 215 g/mol. The second kappa shape index (κ2) is 3.91. The van der Waals surface area contributed by atoms with Crippen LogP contribution in [0, 0.1) is 6.92 Å². The van der Waals surface area contributed by atoms with Gasteiger partial charge in [0.15, 0.2) is 0 Å². The van der Waals surface area contributed by atoms with E-state index in [1.54, 1.807) is 0 Å². The summed E-state index contributed by atoms with van der Waals surface area (Å²) >= 11 is 0. The predicted molar refractivity (Wildman–Crippen MR) is 65.3 cm³/mol. The normalized spacial score (nSPS) is 17.3. The SMILES string of the molecule is Cc1ccc2c(c1)ncn2CN1CCCC1. The first-order chi connectivity index (χ1) is 7.83. The number of aryl methyl sites for hydroxylation is 1. The van der Waals surface area contributed by atoms with E-state index in [9.17, 15) is 0 Å². The molecule has 84 valence electrons. The van der Waals surface area contributed by atoms with E-state index >= 15 is 0 Å². The van der Waals surface area contributed by atoms with Crippen molar-refractivity contribution < 1.29 is 0 Å². The minimum absolute atomic E-state index is 0.986. The Bertz CT molecular complexity index is 495. The molecule has 0 atom stereocenters. The standard InChI is InChI=1S/C13H17N3/c1-11-4-5-13-12(8-11)14-9-16(13)10-15-6-2-3-7-15/h4-5,8-9H,2-3,6-7,10H2,1H3. The van der Waals surface area contributed by atoms with Crippen LogP contribution in [-0.4, -0.2) is 27.5 Å². The molecule has 0 aliphatic carbocycles. The predicted octanol–water partition coefficient (Wildman–Crippen LogP) is 2.40. The summed E-state index contributed by atoms with van der Waals surface area (Å²) in [5.41, 5.74) is 3.63. The molecule has 3 heteroatoms. The summed E-state index contributed by atoms with van der Waals surface area (Å²) in [4.78, 5) is 6.94. The fourth-order valence-electron chi connectivity index (χ4n) is 2.43. The monoisotopic (exact) mass is 215 g/mol. The van der Waals surface area contributed by atoms with Crippen molar-refractivity contribution in [2.45, 2.75) is 26.4 Å². The smallest absolute Gasteiger partial charge is 0.0969 e. The average Bonchev–Trinajstić information content (AvgIpc) is 2.89. The highest BCUT2D eigenvalue weighted by Crippen LogP contribution is 2.16. The van der Waals surface area contributed by atoms with Crippen LogP contribution >= 0.6 is 0 Å². The highest BCUT2D eigenvalue weighted by molar-refractivity contribution is 5.75. The molecule has 1 aliphatic heterocycles. The van der Waals surface area contributed by atoms with Gasteiger partial charge in [-0.05, 0) is 50.6 Å². The molecular formula is C13H17N3. The summed E-state index contributed by atoms with van der Waals surface area (Å²) in [7, 11) is 0. The van der Waals surface area contributed by atoms with E-state index in [-0.39, 0.29) is 0 Å². The molecule has 0 bridgehead atoms. The van der Waals surface area contributed by atoms with Crippen LogP contribution < -0.4 is 0 Å². The van der Waals surface area contributed by atoms with Gasteiger partial charge in [0.05, 0.1) is 24.0 Å². The Morgan fingerprint density at radius 3 is 2.88 bits per heavy atom. The second-order valence-electron chi connectivity index (χ2n) is 4.67. The van der Waals surface area contributed by atoms with Crippen LogP contribution in [0.25, 0.3) is 11.0 Å². The Morgan fingerprint density at radius 1 is 1.25 bits per heavy atom. The maximum absolute atomic E-state index is 4.46. The fraction of sp³-hybridized carbons (Fsp3) is 0.462. The minimum Gasteiger partial charge on any atom is -0.317 e. The molecule has 3 nitrogen and oxygen atoms in total. The van der Waals surface area contributed by atoms with Crippen molar-refractivity contribution in [2.75, 3.05) is 13.1 Å². The lowest BCUT2D eigenvalue weighted by molar-refractivity contribution is 0.274. The third-order valence-corrected chi connectivity index (χ3v) is 3.33. The van der Waals surface area contributed by atoms with Gasteiger partial charge in [-0.3, -0.25) is 4.90 Å². The summed E-state index contributed by atoms with van der Waals surface area (Å²) in [5.74, 6) is 0. The molecule has 0 saturated carbocycles. The molecule has 3 rings (SSSR count). The molecule has 16 heavy (non-hydrogen) atoms. The van der Waals surface area contributed by atoms with Gasteiger partial charge in [0, 0.05) is 0 Å². The van der Waals surface area contributed by atoms with Crippen LogP contribution in [-0.2, 0) is 6.67 Å². The molecule has 1 aromatic carbocycles. The number of nitrogens with zero attached hydrogens (tertiary/aromatic N) is 3. The van der Waals surface area contributed by atoms with E-state index in [1.165, 1.54) is 37.0 Å². The van der Waals surface area contributed by atoms with Gasteiger partial charge in [0.1, 0.15) is 0 Å². The van der Waals surface area contributed by atoms with Gasteiger partial charge >= 0.3 is 0 Å². The molecule has 0 N–H and O–H groups in total. The fourth-order valence-corrected chi connectivity index (χ4v) is 2.43. The molecule has 1 saturated heterocycles. The quantitative estimate of drug-likeness (QED) is 0.767. The maximum Gasteiger partial charge on any atom is 0.0969 e. The van der Waals surface area contributed by atoms with Gasteiger partial charge in [0.2, 0.25) is 0 Å². The van der Waals surface area contributed by atoms with Gasteiger partial charge in [-0.1, -0.05) is 6.07 Å². The van der Waals surface area contributed by atoms with Crippen molar-refractivity contribution in [2.24, 2.45) is 0 Å². The zero-order valence-electron chi connectivity index (χ0n) is 9.69. The molecule has 2 heterocycles. The van der Waals surface area contributed by atoms with E-state index in [0.717, 1.165) is 12.2 Å². The minimum atomic E-state index is 0.986. The summed E-state index contributed by atoms with van der Waals surface area (Å²) in [6, 6.07) is 6.48. The van der Waals surface area contributed by atoms with Crippen LogP contribution in [0.2, 0.25) is 0 Å². The Labute approximate surface area is 95.7 Å². The third-order valence-electron chi connectivity index (χ3n) is 3.33. The zero-order chi connectivity index (χ0) is 11.0. The number of benzene rings is 1. The van der Waals surface area contributed by atoms with E-state index in [1.807, 2.05) is 6.33 Å². The van der Waals surface area contributed by atoms with E-state index < -0.39 is 0 Å². The van der Waals surface area contributed by atoms with Crippen molar-refractivity contribution in [3.05, 3.63) is 30.1 Å². The highest BCUT2D eigenvalue weighted by Gasteiger charge is 2.12. The maximum atomic E-state index is 4.46. The van der Waals surface area contributed by atoms with Gasteiger partial charge in [-0.2, -0.15) is 0 Å².